The van der Waals surface area contributed by atoms with Gasteiger partial charge in [0.1, 0.15) is 4.88 Å². The van der Waals surface area contributed by atoms with Crippen LogP contribution in [0, 0.1) is 6.92 Å². The summed E-state index contributed by atoms with van der Waals surface area (Å²) < 4.78 is 0. The van der Waals surface area contributed by atoms with E-state index < -0.39 is 5.97 Å². The predicted octanol–water partition coefficient (Wildman–Crippen LogP) is 4.37. The van der Waals surface area contributed by atoms with Crippen LogP contribution < -0.4 is 0 Å². The van der Waals surface area contributed by atoms with Gasteiger partial charge in [0, 0.05) is 4.88 Å². The number of benzene rings is 1. The lowest BCUT2D eigenvalue weighted by molar-refractivity contribution is 0.0702. The molecule has 0 unspecified atom stereocenters. The number of aryl methyl sites for hydroxylation is 2. The van der Waals surface area contributed by atoms with Gasteiger partial charge in [-0.3, -0.25) is 0 Å². The van der Waals surface area contributed by atoms with E-state index in [2.05, 4.69) is 31.2 Å². The third kappa shape index (κ3) is 2.62. The average Bonchev–Trinajstić information content (AvgIpc) is 2.73. The molecular formula is C15H16O2S. The van der Waals surface area contributed by atoms with Crippen molar-refractivity contribution >= 4 is 17.3 Å². The van der Waals surface area contributed by atoms with Crippen molar-refractivity contribution in [2.75, 3.05) is 0 Å². The van der Waals surface area contributed by atoms with Crippen molar-refractivity contribution < 1.29 is 9.90 Å². The summed E-state index contributed by atoms with van der Waals surface area (Å²) in [5, 5.41) is 8.99. The van der Waals surface area contributed by atoms with Crippen LogP contribution in [0.4, 0.5) is 0 Å². The van der Waals surface area contributed by atoms with E-state index in [1.54, 1.807) is 6.07 Å². The summed E-state index contributed by atoms with van der Waals surface area (Å²) in [6.45, 7) is 4.12. The summed E-state index contributed by atoms with van der Waals surface area (Å²) in [7, 11) is 0. The Morgan fingerprint density at radius 1 is 1.28 bits per heavy atom. The maximum Gasteiger partial charge on any atom is 0.345 e. The average molecular weight is 260 g/mol. The number of rotatable bonds is 4. The second-order valence-electron chi connectivity index (χ2n) is 4.37. The Kier molecular flexibility index (Phi) is 3.82. The van der Waals surface area contributed by atoms with E-state index in [4.69, 9.17) is 5.11 Å². The Balaban J connectivity index is 2.33. The van der Waals surface area contributed by atoms with Crippen LogP contribution in [0.2, 0.25) is 0 Å². The predicted molar refractivity (Wildman–Crippen MR) is 75.4 cm³/mol. The van der Waals surface area contributed by atoms with E-state index >= 15 is 0 Å². The molecule has 1 aromatic carbocycles. The number of thiophene rings is 1. The largest absolute Gasteiger partial charge is 0.477 e. The summed E-state index contributed by atoms with van der Waals surface area (Å²) in [6, 6.07) is 10.1. The minimum absolute atomic E-state index is 0.403. The minimum Gasteiger partial charge on any atom is -0.477 e. The van der Waals surface area contributed by atoms with Crippen molar-refractivity contribution in [3.05, 3.63) is 46.3 Å². The quantitative estimate of drug-likeness (QED) is 0.886. The zero-order valence-electron chi connectivity index (χ0n) is 10.6. The molecule has 0 atom stereocenters. The molecule has 0 aliphatic rings. The summed E-state index contributed by atoms with van der Waals surface area (Å²) in [6.07, 6.45) is 2.23. The van der Waals surface area contributed by atoms with E-state index in [0.717, 1.165) is 28.8 Å². The highest BCUT2D eigenvalue weighted by Crippen LogP contribution is 2.32. The highest BCUT2D eigenvalue weighted by Gasteiger charge is 2.12. The van der Waals surface area contributed by atoms with Gasteiger partial charge in [-0.15, -0.1) is 11.3 Å². The van der Waals surface area contributed by atoms with Crippen LogP contribution in [-0.4, -0.2) is 11.1 Å². The van der Waals surface area contributed by atoms with E-state index in [1.165, 1.54) is 16.9 Å². The summed E-state index contributed by atoms with van der Waals surface area (Å²) >= 11 is 1.34. The standard InChI is InChI=1S/C15H16O2S/c1-3-4-11-5-7-12(8-6-11)14-10(2)9-13(18-14)15(16)17/h5-9H,3-4H2,1-2H3,(H,16,17). The first-order valence-corrected chi connectivity index (χ1v) is 6.86. The summed E-state index contributed by atoms with van der Waals surface area (Å²) in [5.74, 6) is -0.850. The minimum atomic E-state index is -0.850. The number of aromatic carboxylic acids is 1. The number of carboxylic acids is 1. The normalized spacial score (nSPS) is 10.6. The van der Waals surface area contributed by atoms with Crippen LogP contribution in [0.15, 0.2) is 30.3 Å². The number of carbonyl (C=O) groups is 1. The molecule has 1 aromatic heterocycles. The van der Waals surface area contributed by atoms with Crippen LogP contribution >= 0.6 is 11.3 Å². The van der Waals surface area contributed by atoms with Gasteiger partial charge in [-0.05, 0) is 36.1 Å². The van der Waals surface area contributed by atoms with Crippen molar-refractivity contribution in [3.63, 3.8) is 0 Å². The molecule has 94 valence electrons. The molecule has 0 saturated carbocycles. The highest BCUT2D eigenvalue weighted by atomic mass is 32.1. The lowest BCUT2D eigenvalue weighted by atomic mass is 10.1. The van der Waals surface area contributed by atoms with E-state index in [9.17, 15) is 4.79 Å². The fraction of sp³-hybridized carbons (Fsp3) is 0.267. The Hall–Kier alpha value is -1.61. The van der Waals surface area contributed by atoms with Crippen LogP contribution in [0.5, 0.6) is 0 Å². The summed E-state index contributed by atoms with van der Waals surface area (Å²) in [4.78, 5) is 12.4. The van der Waals surface area contributed by atoms with Crippen LogP contribution in [0.3, 0.4) is 0 Å². The molecule has 0 spiro atoms. The van der Waals surface area contributed by atoms with E-state index in [0.29, 0.717) is 4.88 Å². The maximum absolute atomic E-state index is 10.9. The molecule has 0 saturated heterocycles. The molecule has 1 heterocycles. The second kappa shape index (κ2) is 5.36. The molecule has 18 heavy (non-hydrogen) atoms. The molecule has 0 amide bonds. The van der Waals surface area contributed by atoms with Crippen LogP contribution in [-0.2, 0) is 6.42 Å². The van der Waals surface area contributed by atoms with Crippen LogP contribution in [0.1, 0.15) is 34.1 Å². The smallest absolute Gasteiger partial charge is 0.345 e. The third-order valence-corrected chi connectivity index (χ3v) is 4.16. The molecule has 0 aliphatic heterocycles. The number of carboxylic acid groups (broad SMARTS) is 1. The first kappa shape index (κ1) is 12.8. The molecule has 0 aliphatic carbocycles. The van der Waals surface area contributed by atoms with Crippen LogP contribution in [0.25, 0.3) is 10.4 Å². The molecular weight excluding hydrogens is 244 g/mol. The highest BCUT2D eigenvalue weighted by molar-refractivity contribution is 7.17. The third-order valence-electron chi connectivity index (χ3n) is 2.88. The Labute approximate surface area is 111 Å². The van der Waals surface area contributed by atoms with Crippen molar-refractivity contribution in [2.45, 2.75) is 26.7 Å². The first-order valence-electron chi connectivity index (χ1n) is 6.05. The fourth-order valence-electron chi connectivity index (χ4n) is 1.99. The Morgan fingerprint density at radius 2 is 1.94 bits per heavy atom. The van der Waals surface area contributed by atoms with Gasteiger partial charge < -0.3 is 5.11 Å². The number of hydrogen-bond donors (Lipinski definition) is 1. The van der Waals surface area contributed by atoms with Crippen molar-refractivity contribution in [1.82, 2.24) is 0 Å². The maximum atomic E-state index is 10.9. The van der Waals surface area contributed by atoms with Gasteiger partial charge in [0.2, 0.25) is 0 Å². The molecule has 0 fully saturated rings. The molecule has 0 radical (unpaired) electrons. The Bertz CT molecular complexity index is 552. The van der Waals surface area contributed by atoms with Gasteiger partial charge in [-0.25, -0.2) is 4.79 Å². The van der Waals surface area contributed by atoms with Gasteiger partial charge in [0.25, 0.3) is 0 Å². The van der Waals surface area contributed by atoms with Gasteiger partial charge in [0.05, 0.1) is 0 Å². The topological polar surface area (TPSA) is 37.3 Å². The lowest BCUT2D eigenvalue weighted by Gasteiger charge is -2.02. The lowest BCUT2D eigenvalue weighted by Crippen LogP contribution is -1.89. The summed E-state index contributed by atoms with van der Waals surface area (Å²) in [5.41, 5.74) is 3.46. The van der Waals surface area contributed by atoms with Gasteiger partial charge in [-0.1, -0.05) is 37.6 Å². The molecule has 2 aromatic rings. The Morgan fingerprint density at radius 3 is 2.44 bits per heavy atom. The zero-order chi connectivity index (χ0) is 13.1. The monoisotopic (exact) mass is 260 g/mol. The van der Waals surface area contributed by atoms with E-state index in [-0.39, 0.29) is 0 Å². The molecule has 2 nitrogen and oxygen atoms in total. The molecule has 3 heteroatoms. The second-order valence-corrected chi connectivity index (χ2v) is 5.43. The van der Waals surface area contributed by atoms with Gasteiger partial charge in [-0.2, -0.15) is 0 Å². The van der Waals surface area contributed by atoms with Gasteiger partial charge in [0.15, 0.2) is 0 Å². The van der Waals surface area contributed by atoms with E-state index in [1.807, 2.05) is 6.92 Å². The first-order chi connectivity index (χ1) is 8.61. The molecule has 0 bridgehead atoms. The van der Waals surface area contributed by atoms with Crippen molar-refractivity contribution in [2.24, 2.45) is 0 Å². The SMILES string of the molecule is CCCc1ccc(-c2sc(C(=O)O)cc2C)cc1. The fourth-order valence-corrected chi connectivity index (χ4v) is 3.00. The zero-order valence-corrected chi connectivity index (χ0v) is 11.4. The van der Waals surface area contributed by atoms with Gasteiger partial charge >= 0.3 is 5.97 Å². The molecule has 2 rings (SSSR count). The van der Waals surface area contributed by atoms with Crippen molar-refractivity contribution in [3.8, 4) is 10.4 Å². The number of hydrogen-bond acceptors (Lipinski definition) is 2. The molecule has 1 N–H and O–H groups in total. The van der Waals surface area contributed by atoms with Crippen molar-refractivity contribution in [1.29, 1.82) is 0 Å².